The Morgan fingerprint density at radius 3 is 2.40 bits per heavy atom. The lowest BCUT2D eigenvalue weighted by molar-refractivity contribution is -0.118. The fraction of sp³-hybridized carbons (Fsp3) is 0.278. The predicted octanol–water partition coefficient (Wildman–Crippen LogP) is 3.98. The van der Waals surface area contributed by atoms with Crippen molar-refractivity contribution in [3.8, 4) is 5.75 Å². The average molecular weight is 382 g/mol. The highest BCUT2D eigenvalue weighted by Gasteiger charge is 2.07. The van der Waals surface area contributed by atoms with Gasteiger partial charge >= 0.3 is 0 Å². The van der Waals surface area contributed by atoms with Crippen molar-refractivity contribution < 1.29 is 9.53 Å². The Balaban J connectivity index is 1.80. The third-order valence-corrected chi connectivity index (χ3v) is 3.84. The van der Waals surface area contributed by atoms with Gasteiger partial charge in [0, 0.05) is 29.5 Å². The van der Waals surface area contributed by atoms with Crippen molar-refractivity contribution in [1.29, 1.82) is 0 Å². The topological polar surface area (TPSA) is 53.6 Å². The standard InChI is InChI=1S/C18H21Cl2N3O2/c1-23(2)10-9-21-14-4-6-15(7-5-14)22-18(24)12-25-17-8-3-13(19)11-16(17)20/h3-8,11,21H,9-10,12H2,1-2H3,(H,22,24). The van der Waals surface area contributed by atoms with Crippen LogP contribution in [0.3, 0.4) is 0 Å². The molecule has 5 nitrogen and oxygen atoms in total. The van der Waals surface area contributed by atoms with Crippen molar-refractivity contribution >= 4 is 40.5 Å². The molecule has 0 fully saturated rings. The predicted molar refractivity (Wildman–Crippen MR) is 104 cm³/mol. The highest BCUT2D eigenvalue weighted by Crippen LogP contribution is 2.27. The molecule has 2 aromatic carbocycles. The highest BCUT2D eigenvalue weighted by molar-refractivity contribution is 6.35. The van der Waals surface area contributed by atoms with Gasteiger partial charge in [-0.3, -0.25) is 4.79 Å². The summed E-state index contributed by atoms with van der Waals surface area (Å²) in [6, 6.07) is 12.4. The molecule has 25 heavy (non-hydrogen) atoms. The first-order valence-corrected chi connectivity index (χ1v) is 8.56. The molecule has 0 aliphatic carbocycles. The zero-order chi connectivity index (χ0) is 18.2. The number of amides is 1. The number of hydrogen-bond donors (Lipinski definition) is 2. The maximum atomic E-state index is 12.0. The molecule has 0 saturated heterocycles. The molecule has 7 heteroatoms. The number of benzene rings is 2. The molecule has 2 aromatic rings. The van der Waals surface area contributed by atoms with Crippen molar-refractivity contribution in [2.45, 2.75) is 0 Å². The van der Waals surface area contributed by atoms with E-state index in [0.29, 0.717) is 21.5 Å². The van der Waals surface area contributed by atoms with Gasteiger partial charge in [-0.25, -0.2) is 0 Å². The van der Waals surface area contributed by atoms with Crippen LogP contribution in [0.25, 0.3) is 0 Å². The number of halogens is 2. The van der Waals surface area contributed by atoms with Gasteiger partial charge in [0.2, 0.25) is 0 Å². The molecule has 0 bridgehead atoms. The minimum atomic E-state index is -0.265. The van der Waals surface area contributed by atoms with Crippen LogP contribution in [0, 0.1) is 0 Å². The molecule has 2 N–H and O–H groups in total. The van der Waals surface area contributed by atoms with Crippen LogP contribution in [-0.2, 0) is 4.79 Å². The van der Waals surface area contributed by atoms with E-state index in [1.54, 1.807) is 18.2 Å². The lowest BCUT2D eigenvalue weighted by atomic mass is 10.2. The molecular weight excluding hydrogens is 361 g/mol. The highest BCUT2D eigenvalue weighted by atomic mass is 35.5. The third kappa shape index (κ3) is 6.82. The Bertz CT molecular complexity index is 706. The molecule has 0 atom stereocenters. The van der Waals surface area contributed by atoms with E-state index in [-0.39, 0.29) is 12.5 Å². The third-order valence-electron chi connectivity index (χ3n) is 3.31. The van der Waals surface area contributed by atoms with Crippen LogP contribution in [0.15, 0.2) is 42.5 Å². The smallest absolute Gasteiger partial charge is 0.262 e. The van der Waals surface area contributed by atoms with Crippen LogP contribution in [0.2, 0.25) is 10.0 Å². The van der Waals surface area contributed by atoms with Crippen LogP contribution >= 0.6 is 23.2 Å². The van der Waals surface area contributed by atoms with Gasteiger partial charge in [0.1, 0.15) is 5.75 Å². The van der Waals surface area contributed by atoms with Gasteiger partial charge in [0.05, 0.1) is 5.02 Å². The molecule has 0 aliphatic rings. The Morgan fingerprint density at radius 2 is 1.76 bits per heavy atom. The zero-order valence-electron chi connectivity index (χ0n) is 14.2. The second-order valence-electron chi connectivity index (χ2n) is 5.72. The summed E-state index contributed by atoms with van der Waals surface area (Å²) in [6.07, 6.45) is 0. The van der Waals surface area contributed by atoms with Crippen molar-refractivity contribution in [3.05, 3.63) is 52.5 Å². The molecule has 0 aromatic heterocycles. The summed E-state index contributed by atoms with van der Waals surface area (Å²) in [5, 5.41) is 6.97. The number of nitrogens with zero attached hydrogens (tertiary/aromatic N) is 1. The average Bonchev–Trinajstić information content (AvgIpc) is 2.55. The lowest BCUT2D eigenvalue weighted by Gasteiger charge is -2.12. The first-order chi connectivity index (χ1) is 11.9. The fourth-order valence-corrected chi connectivity index (χ4v) is 2.49. The Kier molecular flexibility index (Phi) is 7.37. The number of ether oxygens (including phenoxy) is 1. The molecule has 2 rings (SSSR count). The van der Waals surface area contributed by atoms with E-state index in [2.05, 4.69) is 15.5 Å². The van der Waals surface area contributed by atoms with E-state index in [0.717, 1.165) is 18.8 Å². The monoisotopic (exact) mass is 381 g/mol. The van der Waals surface area contributed by atoms with Gasteiger partial charge in [-0.2, -0.15) is 0 Å². The maximum Gasteiger partial charge on any atom is 0.262 e. The Hall–Kier alpha value is -1.95. The summed E-state index contributed by atoms with van der Waals surface area (Å²) >= 11 is 11.8. The van der Waals surface area contributed by atoms with E-state index in [1.807, 2.05) is 38.4 Å². The van der Waals surface area contributed by atoms with E-state index in [4.69, 9.17) is 27.9 Å². The summed E-state index contributed by atoms with van der Waals surface area (Å²) in [6.45, 7) is 1.67. The van der Waals surface area contributed by atoms with E-state index in [1.165, 1.54) is 0 Å². The quantitative estimate of drug-likeness (QED) is 0.725. The minimum Gasteiger partial charge on any atom is -0.482 e. The number of rotatable bonds is 8. The van der Waals surface area contributed by atoms with Crippen molar-refractivity contribution in [3.63, 3.8) is 0 Å². The molecule has 0 aliphatic heterocycles. The SMILES string of the molecule is CN(C)CCNc1ccc(NC(=O)COc2ccc(Cl)cc2Cl)cc1. The van der Waals surface area contributed by atoms with Crippen LogP contribution in [0.4, 0.5) is 11.4 Å². The first-order valence-electron chi connectivity index (χ1n) is 7.80. The maximum absolute atomic E-state index is 12.0. The zero-order valence-corrected chi connectivity index (χ0v) is 15.7. The van der Waals surface area contributed by atoms with Crippen LogP contribution in [0.1, 0.15) is 0 Å². The molecule has 0 unspecified atom stereocenters. The lowest BCUT2D eigenvalue weighted by Crippen LogP contribution is -2.21. The van der Waals surface area contributed by atoms with Crippen LogP contribution < -0.4 is 15.4 Å². The largest absolute Gasteiger partial charge is 0.482 e. The van der Waals surface area contributed by atoms with Gasteiger partial charge in [-0.15, -0.1) is 0 Å². The minimum absolute atomic E-state index is 0.135. The summed E-state index contributed by atoms with van der Waals surface area (Å²) < 4.78 is 5.41. The molecule has 0 saturated carbocycles. The second-order valence-corrected chi connectivity index (χ2v) is 6.56. The van der Waals surface area contributed by atoms with E-state index >= 15 is 0 Å². The Labute approximate surface area is 157 Å². The molecule has 1 amide bonds. The number of nitrogens with one attached hydrogen (secondary N) is 2. The number of likely N-dealkylation sites (N-methyl/N-ethyl adjacent to an activating group) is 1. The van der Waals surface area contributed by atoms with E-state index in [9.17, 15) is 4.79 Å². The van der Waals surface area contributed by atoms with Crippen LogP contribution in [0.5, 0.6) is 5.75 Å². The number of anilines is 2. The van der Waals surface area contributed by atoms with Gasteiger partial charge in [0.15, 0.2) is 6.61 Å². The normalized spacial score (nSPS) is 10.6. The first kappa shape index (κ1) is 19.4. The van der Waals surface area contributed by atoms with E-state index < -0.39 is 0 Å². The summed E-state index contributed by atoms with van der Waals surface area (Å²) in [7, 11) is 4.05. The van der Waals surface area contributed by atoms with Gasteiger partial charge in [-0.05, 0) is 56.6 Å². The summed E-state index contributed by atoms with van der Waals surface area (Å²) in [5.74, 6) is 0.154. The number of hydrogen-bond acceptors (Lipinski definition) is 4. The fourth-order valence-electron chi connectivity index (χ4n) is 2.03. The summed E-state index contributed by atoms with van der Waals surface area (Å²) in [4.78, 5) is 14.1. The molecular formula is C18H21Cl2N3O2. The van der Waals surface area contributed by atoms with Gasteiger partial charge in [-0.1, -0.05) is 23.2 Å². The van der Waals surface area contributed by atoms with Crippen molar-refractivity contribution in [1.82, 2.24) is 4.90 Å². The van der Waals surface area contributed by atoms with Crippen molar-refractivity contribution in [2.75, 3.05) is 44.4 Å². The van der Waals surface area contributed by atoms with Crippen molar-refractivity contribution in [2.24, 2.45) is 0 Å². The van der Waals surface area contributed by atoms with Gasteiger partial charge in [0.25, 0.3) is 5.91 Å². The van der Waals surface area contributed by atoms with Crippen LogP contribution in [-0.4, -0.2) is 44.6 Å². The second kappa shape index (κ2) is 9.51. The number of carbonyl (C=O) groups is 1. The summed E-state index contributed by atoms with van der Waals surface area (Å²) in [5.41, 5.74) is 1.71. The molecule has 0 heterocycles. The van der Waals surface area contributed by atoms with Gasteiger partial charge < -0.3 is 20.3 Å². The Morgan fingerprint density at radius 1 is 1.08 bits per heavy atom. The molecule has 134 valence electrons. The molecule has 0 radical (unpaired) electrons. The molecule has 0 spiro atoms. The number of carbonyl (C=O) groups excluding carboxylic acids is 1.